The summed E-state index contributed by atoms with van der Waals surface area (Å²) in [7, 11) is 0. The smallest absolute Gasteiger partial charge is 0.159 e. The molecule has 3 rings (SSSR count). The molecule has 1 aliphatic rings. The monoisotopic (exact) mass is 275 g/mol. The van der Waals surface area contributed by atoms with E-state index >= 15 is 0 Å². The number of halogens is 2. The van der Waals surface area contributed by atoms with E-state index in [0.717, 1.165) is 23.8 Å². The molecule has 0 bridgehead atoms. The molecular formula is C16H15F2NO. The van der Waals surface area contributed by atoms with Crippen molar-refractivity contribution in [3.05, 3.63) is 65.2 Å². The first-order valence-electron chi connectivity index (χ1n) is 6.57. The maximum Gasteiger partial charge on any atom is 0.159 e. The average molecular weight is 275 g/mol. The van der Waals surface area contributed by atoms with Crippen LogP contribution in [0.4, 0.5) is 8.78 Å². The van der Waals surface area contributed by atoms with Gasteiger partial charge in [0.2, 0.25) is 0 Å². The fourth-order valence-electron chi connectivity index (χ4n) is 2.52. The van der Waals surface area contributed by atoms with Crippen molar-refractivity contribution in [2.24, 2.45) is 5.73 Å². The minimum absolute atomic E-state index is 0.125. The highest BCUT2D eigenvalue weighted by molar-refractivity contribution is 5.37. The first-order valence-corrected chi connectivity index (χ1v) is 6.57. The Labute approximate surface area is 116 Å². The van der Waals surface area contributed by atoms with Crippen LogP contribution in [0.3, 0.4) is 0 Å². The Morgan fingerprint density at radius 1 is 1.15 bits per heavy atom. The van der Waals surface area contributed by atoms with Gasteiger partial charge in [0, 0.05) is 12.5 Å². The van der Waals surface area contributed by atoms with Crippen molar-refractivity contribution in [1.82, 2.24) is 0 Å². The summed E-state index contributed by atoms with van der Waals surface area (Å²) in [6.45, 7) is 0. The van der Waals surface area contributed by atoms with Crippen LogP contribution in [-0.2, 0) is 12.8 Å². The van der Waals surface area contributed by atoms with Gasteiger partial charge in [-0.15, -0.1) is 0 Å². The highest BCUT2D eigenvalue weighted by atomic mass is 19.2. The van der Waals surface area contributed by atoms with Crippen molar-refractivity contribution in [3.63, 3.8) is 0 Å². The molecule has 0 saturated carbocycles. The second-order valence-corrected chi connectivity index (χ2v) is 5.08. The van der Waals surface area contributed by atoms with Crippen LogP contribution in [0.5, 0.6) is 5.75 Å². The summed E-state index contributed by atoms with van der Waals surface area (Å²) in [5, 5.41) is 0. The van der Waals surface area contributed by atoms with E-state index in [4.69, 9.17) is 10.5 Å². The van der Waals surface area contributed by atoms with E-state index in [-0.39, 0.29) is 12.1 Å². The van der Waals surface area contributed by atoms with E-state index in [1.165, 1.54) is 6.07 Å². The number of rotatable bonds is 3. The minimum atomic E-state index is -0.842. The quantitative estimate of drug-likeness (QED) is 0.935. The zero-order chi connectivity index (χ0) is 14.1. The summed E-state index contributed by atoms with van der Waals surface area (Å²) in [5.74, 6) is -0.824. The molecule has 0 amide bonds. The lowest BCUT2D eigenvalue weighted by molar-refractivity contribution is 0.198. The molecule has 4 heteroatoms. The van der Waals surface area contributed by atoms with Gasteiger partial charge in [-0.25, -0.2) is 8.78 Å². The normalized spacial score (nSPS) is 18.4. The van der Waals surface area contributed by atoms with Gasteiger partial charge in [0.05, 0.1) is 0 Å². The Kier molecular flexibility index (Phi) is 3.40. The number of hydrogen-bond acceptors (Lipinski definition) is 2. The molecule has 0 aliphatic carbocycles. The van der Waals surface area contributed by atoms with Crippen LogP contribution in [0.1, 0.15) is 11.1 Å². The third-order valence-corrected chi connectivity index (χ3v) is 3.61. The Hall–Kier alpha value is -1.94. The Morgan fingerprint density at radius 3 is 2.70 bits per heavy atom. The molecule has 1 heterocycles. The molecule has 0 spiro atoms. The SMILES string of the molecule is NC(Cc1ccc(F)c(F)c1)C1Cc2ccccc2O1. The first-order chi connectivity index (χ1) is 9.63. The lowest BCUT2D eigenvalue weighted by Gasteiger charge is -2.19. The molecule has 2 aromatic rings. The lowest BCUT2D eigenvalue weighted by atomic mass is 9.98. The predicted molar refractivity (Wildman–Crippen MR) is 72.6 cm³/mol. The Morgan fingerprint density at radius 2 is 1.95 bits per heavy atom. The average Bonchev–Trinajstić information content (AvgIpc) is 2.87. The van der Waals surface area contributed by atoms with E-state index in [2.05, 4.69) is 0 Å². The van der Waals surface area contributed by atoms with Crippen LogP contribution >= 0.6 is 0 Å². The predicted octanol–water partition coefficient (Wildman–Crippen LogP) is 2.84. The number of ether oxygens (including phenoxy) is 1. The van der Waals surface area contributed by atoms with Crippen molar-refractivity contribution in [2.75, 3.05) is 0 Å². The van der Waals surface area contributed by atoms with Crippen LogP contribution in [0.2, 0.25) is 0 Å². The van der Waals surface area contributed by atoms with E-state index in [1.807, 2.05) is 24.3 Å². The van der Waals surface area contributed by atoms with Gasteiger partial charge in [-0.05, 0) is 35.7 Å². The van der Waals surface area contributed by atoms with Gasteiger partial charge in [0.15, 0.2) is 11.6 Å². The van der Waals surface area contributed by atoms with Gasteiger partial charge in [0.25, 0.3) is 0 Å². The molecule has 0 radical (unpaired) electrons. The standard InChI is InChI=1S/C16H15F2NO/c17-12-6-5-10(7-13(12)18)8-14(19)16-9-11-3-1-2-4-15(11)20-16/h1-7,14,16H,8-9,19H2. The van der Waals surface area contributed by atoms with Crippen LogP contribution < -0.4 is 10.5 Å². The Balaban J connectivity index is 1.69. The maximum absolute atomic E-state index is 13.2. The molecular weight excluding hydrogens is 260 g/mol. The molecule has 2 aromatic carbocycles. The number of para-hydroxylation sites is 1. The molecule has 0 fully saturated rings. The fourth-order valence-corrected chi connectivity index (χ4v) is 2.52. The summed E-state index contributed by atoms with van der Waals surface area (Å²) in [6, 6.07) is 11.4. The summed E-state index contributed by atoms with van der Waals surface area (Å²) in [4.78, 5) is 0. The first kappa shape index (κ1) is 13.1. The largest absolute Gasteiger partial charge is 0.488 e. The summed E-state index contributed by atoms with van der Waals surface area (Å²) < 4.78 is 31.9. The second-order valence-electron chi connectivity index (χ2n) is 5.08. The van der Waals surface area contributed by atoms with Crippen molar-refractivity contribution in [2.45, 2.75) is 25.0 Å². The third-order valence-electron chi connectivity index (χ3n) is 3.61. The van der Waals surface area contributed by atoms with Crippen LogP contribution in [-0.4, -0.2) is 12.1 Å². The zero-order valence-electron chi connectivity index (χ0n) is 10.9. The van der Waals surface area contributed by atoms with Crippen molar-refractivity contribution < 1.29 is 13.5 Å². The lowest BCUT2D eigenvalue weighted by Crippen LogP contribution is -2.39. The van der Waals surface area contributed by atoms with Gasteiger partial charge >= 0.3 is 0 Å². The third kappa shape index (κ3) is 2.51. The number of hydrogen-bond donors (Lipinski definition) is 1. The van der Waals surface area contributed by atoms with Gasteiger partial charge in [-0.3, -0.25) is 0 Å². The number of fused-ring (bicyclic) bond motifs is 1. The molecule has 0 saturated heterocycles. The van der Waals surface area contributed by atoms with Gasteiger partial charge in [-0.1, -0.05) is 24.3 Å². The van der Waals surface area contributed by atoms with E-state index in [9.17, 15) is 8.78 Å². The van der Waals surface area contributed by atoms with E-state index in [0.29, 0.717) is 12.0 Å². The molecule has 2 nitrogen and oxygen atoms in total. The van der Waals surface area contributed by atoms with E-state index in [1.54, 1.807) is 6.07 Å². The topological polar surface area (TPSA) is 35.2 Å². The Bertz CT molecular complexity index is 605. The molecule has 2 N–H and O–H groups in total. The van der Waals surface area contributed by atoms with Gasteiger partial charge in [-0.2, -0.15) is 0 Å². The number of nitrogens with two attached hydrogens (primary N) is 1. The highest BCUT2D eigenvalue weighted by Crippen LogP contribution is 2.29. The zero-order valence-corrected chi connectivity index (χ0v) is 10.9. The fraction of sp³-hybridized carbons (Fsp3) is 0.250. The molecule has 20 heavy (non-hydrogen) atoms. The highest BCUT2D eigenvalue weighted by Gasteiger charge is 2.28. The number of benzene rings is 2. The maximum atomic E-state index is 13.2. The summed E-state index contributed by atoms with van der Waals surface area (Å²) in [5.41, 5.74) is 7.95. The van der Waals surface area contributed by atoms with Crippen molar-refractivity contribution in [3.8, 4) is 5.75 Å². The molecule has 1 aliphatic heterocycles. The van der Waals surface area contributed by atoms with Gasteiger partial charge < -0.3 is 10.5 Å². The van der Waals surface area contributed by atoms with Crippen LogP contribution in [0, 0.1) is 11.6 Å². The van der Waals surface area contributed by atoms with Crippen LogP contribution in [0.15, 0.2) is 42.5 Å². The second kappa shape index (κ2) is 5.21. The van der Waals surface area contributed by atoms with E-state index < -0.39 is 11.6 Å². The summed E-state index contributed by atoms with van der Waals surface area (Å²) in [6.07, 6.45) is 1.08. The van der Waals surface area contributed by atoms with Crippen LogP contribution in [0.25, 0.3) is 0 Å². The summed E-state index contributed by atoms with van der Waals surface area (Å²) >= 11 is 0. The minimum Gasteiger partial charge on any atom is -0.488 e. The molecule has 104 valence electrons. The van der Waals surface area contributed by atoms with Gasteiger partial charge in [0.1, 0.15) is 11.9 Å². The molecule has 0 aromatic heterocycles. The molecule has 2 atom stereocenters. The van der Waals surface area contributed by atoms with Crippen molar-refractivity contribution >= 4 is 0 Å². The molecule has 2 unspecified atom stereocenters. The van der Waals surface area contributed by atoms with Crippen molar-refractivity contribution in [1.29, 1.82) is 0 Å².